The first-order valence-corrected chi connectivity index (χ1v) is 9.93. The molecule has 0 radical (unpaired) electrons. The van der Waals surface area contributed by atoms with Crippen LogP contribution in [0.15, 0.2) is 35.3 Å². The molecule has 26 heavy (non-hydrogen) atoms. The second-order valence-electron chi connectivity index (χ2n) is 7.49. The third-order valence-corrected chi connectivity index (χ3v) is 5.79. The summed E-state index contributed by atoms with van der Waals surface area (Å²) in [4.78, 5) is 2.45. The van der Waals surface area contributed by atoms with Crippen LogP contribution in [0.4, 0.5) is 0 Å². The van der Waals surface area contributed by atoms with E-state index >= 15 is 0 Å². The minimum Gasteiger partial charge on any atom is -0.493 e. The molecule has 0 aromatic carbocycles. The van der Waals surface area contributed by atoms with E-state index in [1.807, 2.05) is 6.08 Å². The number of β-amino-alcohol motifs (C(OH)–C–C–N with tert-alkyl or cyclic N) is 1. The molecule has 3 rings (SSSR count). The topological polar surface area (TPSA) is 51.2 Å². The maximum Gasteiger partial charge on any atom is 0.160 e. The summed E-state index contributed by atoms with van der Waals surface area (Å²) < 4.78 is 17.1. The highest BCUT2D eigenvalue weighted by Gasteiger charge is 2.34. The highest BCUT2D eigenvalue weighted by molar-refractivity contribution is 5.31. The molecule has 5 heteroatoms. The van der Waals surface area contributed by atoms with Crippen LogP contribution in [0.5, 0.6) is 0 Å². The summed E-state index contributed by atoms with van der Waals surface area (Å²) in [6.45, 7) is 2.56. The zero-order valence-electron chi connectivity index (χ0n) is 16.2. The molecule has 0 bridgehead atoms. The summed E-state index contributed by atoms with van der Waals surface area (Å²) in [6, 6.07) is 0.476. The maximum atomic E-state index is 9.85. The van der Waals surface area contributed by atoms with Gasteiger partial charge in [0.05, 0.1) is 33.0 Å². The standard InChI is InChI=1S/C21H33NO4/c1-24-20-9-7-16(8-10-21(20)25-2)12-14-26-19-6-4-3-5-18(19)22-13-11-17(23)15-22/h7,9-10,17-19,23H,3-6,8,11-15H2,1-2H3/t17-,18?,19+/m1/s1. The lowest BCUT2D eigenvalue weighted by Crippen LogP contribution is -2.46. The third kappa shape index (κ3) is 4.90. The summed E-state index contributed by atoms with van der Waals surface area (Å²) in [5.74, 6) is 1.56. The second-order valence-corrected chi connectivity index (χ2v) is 7.49. The van der Waals surface area contributed by atoms with Crippen molar-refractivity contribution in [3.05, 3.63) is 35.3 Å². The van der Waals surface area contributed by atoms with Gasteiger partial charge in [0.25, 0.3) is 0 Å². The molecule has 146 valence electrons. The third-order valence-electron chi connectivity index (χ3n) is 5.79. The van der Waals surface area contributed by atoms with Crippen molar-refractivity contribution in [2.75, 3.05) is 33.9 Å². The molecule has 1 aliphatic heterocycles. The van der Waals surface area contributed by atoms with Crippen molar-refractivity contribution in [2.24, 2.45) is 0 Å². The Balaban J connectivity index is 1.51. The van der Waals surface area contributed by atoms with Crippen molar-refractivity contribution < 1.29 is 19.3 Å². The molecule has 1 unspecified atom stereocenters. The van der Waals surface area contributed by atoms with Gasteiger partial charge in [-0.3, -0.25) is 4.90 Å². The van der Waals surface area contributed by atoms with E-state index in [2.05, 4.69) is 17.1 Å². The van der Waals surface area contributed by atoms with Crippen molar-refractivity contribution in [3.63, 3.8) is 0 Å². The first-order valence-electron chi connectivity index (χ1n) is 9.93. The first-order chi connectivity index (χ1) is 12.7. The molecule has 2 aliphatic carbocycles. The Bertz CT molecular complexity index is 554. The molecular formula is C21H33NO4. The van der Waals surface area contributed by atoms with Gasteiger partial charge in [-0.15, -0.1) is 0 Å². The van der Waals surface area contributed by atoms with E-state index in [9.17, 15) is 5.11 Å². The van der Waals surface area contributed by atoms with E-state index < -0.39 is 0 Å². The van der Waals surface area contributed by atoms with Gasteiger partial charge < -0.3 is 19.3 Å². The van der Waals surface area contributed by atoms with E-state index in [-0.39, 0.29) is 6.10 Å². The van der Waals surface area contributed by atoms with Crippen LogP contribution in [0.25, 0.3) is 0 Å². The zero-order valence-corrected chi connectivity index (χ0v) is 16.2. The van der Waals surface area contributed by atoms with Crippen molar-refractivity contribution in [1.82, 2.24) is 4.90 Å². The van der Waals surface area contributed by atoms with Crippen LogP contribution in [0.2, 0.25) is 0 Å². The molecule has 3 atom stereocenters. The van der Waals surface area contributed by atoms with Gasteiger partial charge in [-0.25, -0.2) is 0 Å². The molecule has 0 amide bonds. The number of ether oxygens (including phenoxy) is 3. The molecule has 1 N–H and O–H groups in total. The van der Waals surface area contributed by atoms with Crippen LogP contribution in [-0.4, -0.2) is 62.2 Å². The molecule has 5 nitrogen and oxygen atoms in total. The number of rotatable bonds is 7. The van der Waals surface area contributed by atoms with Gasteiger partial charge in [-0.2, -0.15) is 0 Å². The molecule has 1 saturated carbocycles. The number of methoxy groups -OCH3 is 2. The lowest BCUT2D eigenvalue weighted by molar-refractivity contribution is -0.0316. The zero-order chi connectivity index (χ0) is 18.4. The summed E-state index contributed by atoms with van der Waals surface area (Å²) in [7, 11) is 3.34. The summed E-state index contributed by atoms with van der Waals surface area (Å²) in [5.41, 5.74) is 1.33. The molecule has 2 fully saturated rings. The fourth-order valence-corrected chi connectivity index (χ4v) is 4.31. The average Bonchev–Trinajstić information content (AvgIpc) is 2.99. The molecule has 1 heterocycles. The Morgan fingerprint density at radius 3 is 2.62 bits per heavy atom. The van der Waals surface area contributed by atoms with Gasteiger partial charge in [-0.05, 0) is 44.3 Å². The number of hydrogen-bond donors (Lipinski definition) is 1. The van der Waals surface area contributed by atoms with Crippen LogP contribution >= 0.6 is 0 Å². The Hall–Kier alpha value is -1.30. The fraction of sp³-hybridized carbons (Fsp3) is 0.714. The van der Waals surface area contributed by atoms with Crippen molar-refractivity contribution >= 4 is 0 Å². The predicted molar refractivity (Wildman–Crippen MR) is 102 cm³/mol. The summed E-state index contributed by atoms with van der Waals surface area (Å²) in [5, 5.41) is 9.85. The van der Waals surface area contributed by atoms with Crippen LogP contribution < -0.4 is 0 Å². The Morgan fingerprint density at radius 2 is 1.88 bits per heavy atom. The average molecular weight is 363 g/mol. The molecule has 1 saturated heterocycles. The van der Waals surface area contributed by atoms with Gasteiger partial charge >= 0.3 is 0 Å². The van der Waals surface area contributed by atoms with Crippen LogP contribution in [0, 0.1) is 0 Å². The Labute approximate surface area is 157 Å². The van der Waals surface area contributed by atoms with Crippen molar-refractivity contribution in [2.45, 2.75) is 63.2 Å². The predicted octanol–water partition coefficient (Wildman–Crippen LogP) is 3.16. The quantitative estimate of drug-likeness (QED) is 0.753. The highest BCUT2D eigenvalue weighted by atomic mass is 16.5. The van der Waals surface area contributed by atoms with E-state index in [0.29, 0.717) is 12.1 Å². The van der Waals surface area contributed by atoms with Crippen molar-refractivity contribution in [3.8, 4) is 0 Å². The number of allylic oxidation sites excluding steroid dienone is 3. The summed E-state index contributed by atoms with van der Waals surface area (Å²) in [6.07, 6.45) is 13.9. The Kier molecular flexibility index (Phi) is 7.17. The van der Waals surface area contributed by atoms with E-state index in [1.54, 1.807) is 14.2 Å². The van der Waals surface area contributed by atoms with Gasteiger partial charge in [0.1, 0.15) is 0 Å². The van der Waals surface area contributed by atoms with Gasteiger partial charge in [0.15, 0.2) is 11.5 Å². The van der Waals surface area contributed by atoms with Crippen LogP contribution in [0.3, 0.4) is 0 Å². The first kappa shape index (κ1) is 19.5. The van der Waals surface area contributed by atoms with E-state index in [1.165, 1.54) is 24.8 Å². The second kappa shape index (κ2) is 9.58. The maximum absolute atomic E-state index is 9.85. The fourth-order valence-electron chi connectivity index (χ4n) is 4.31. The molecule has 3 aliphatic rings. The smallest absolute Gasteiger partial charge is 0.160 e. The lowest BCUT2D eigenvalue weighted by atomic mass is 9.91. The normalized spacial score (nSPS) is 30.3. The van der Waals surface area contributed by atoms with E-state index in [0.717, 1.165) is 56.9 Å². The number of aliphatic hydroxyl groups excluding tert-OH is 1. The van der Waals surface area contributed by atoms with Gasteiger partial charge in [-0.1, -0.05) is 24.5 Å². The number of nitrogens with zero attached hydrogens (tertiary/aromatic N) is 1. The molecule has 0 aromatic heterocycles. The minimum absolute atomic E-state index is 0.155. The SMILES string of the molecule is COC1=CC=C(CCO[C@H]2CCCCC2N2CC[C@@H](O)C2)CC=C1OC. The number of hydrogen-bond acceptors (Lipinski definition) is 5. The number of aliphatic hydroxyl groups is 1. The van der Waals surface area contributed by atoms with Crippen LogP contribution in [0.1, 0.15) is 44.9 Å². The highest BCUT2D eigenvalue weighted by Crippen LogP contribution is 2.29. The minimum atomic E-state index is -0.155. The van der Waals surface area contributed by atoms with Crippen molar-refractivity contribution in [1.29, 1.82) is 0 Å². The Morgan fingerprint density at radius 1 is 1.08 bits per heavy atom. The summed E-state index contributed by atoms with van der Waals surface area (Å²) >= 11 is 0. The van der Waals surface area contributed by atoms with Gasteiger partial charge in [0.2, 0.25) is 0 Å². The monoisotopic (exact) mass is 363 g/mol. The lowest BCUT2D eigenvalue weighted by Gasteiger charge is -2.37. The largest absolute Gasteiger partial charge is 0.493 e. The van der Waals surface area contributed by atoms with E-state index in [4.69, 9.17) is 14.2 Å². The number of likely N-dealkylation sites (tertiary alicyclic amines) is 1. The molecular weight excluding hydrogens is 330 g/mol. The van der Waals surface area contributed by atoms with Crippen LogP contribution in [-0.2, 0) is 14.2 Å². The molecule has 0 aromatic rings. The molecule has 0 spiro atoms. The van der Waals surface area contributed by atoms with Gasteiger partial charge in [0, 0.05) is 19.1 Å².